The number of rotatable bonds is 12. The second kappa shape index (κ2) is 12.3. The van der Waals surface area contributed by atoms with Crippen LogP contribution in [0.5, 0.6) is 0 Å². The van der Waals surface area contributed by atoms with Crippen molar-refractivity contribution < 1.29 is 38.6 Å². The van der Waals surface area contributed by atoms with Gasteiger partial charge in [-0.2, -0.15) is 0 Å². The molecule has 1 aromatic carbocycles. The van der Waals surface area contributed by atoms with Crippen molar-refractivity contribution in [3.05, 3.63) is 29.3 Å². The minimum atomic E-state index is -0.968. The Morgan fingerprint density at radius 1 is 1.27 bits per heavy atom. The van der Waals surface area contributed by atoms with Crippen LogP contribution >= 0.6 is 0 Å². The number of amides is 4. The van der Waals surface area contributed by atoms with Crippen LogP contribution in [0, 0.1) is 0 Å². The molecule has 178 valence electrons. The maximum absolute atomic E-state index is 13.0. The van der Waals surface area contributed by atoms with E-state index in [0.717, 1.165) is 0 Å². The number of carboxylic acid groups (broad SMARTS) is 1. The number of hydrogen-bond donors (Lipinski definition) is 4. The van der Waals surface area contributed by atoms with Crippen LogP contribution in [-0.2, 0) is 23.9 Å². The smallest absolute Gasteiger partial charge is 0.305 e. The predicted octanol–water partition coefficient (Wildman–Crippen LogP) is -0.604. The molecule has 1 aliphatic rings. The van der Waals surface area contributed by atoms with Crippen LogP contribution in [0.15, 0.2) is 18.2 Å². The third-order valence-corrected chi connectivity index (χ3v) is 4.89. The average Bonchev–Trinajstić information content (AvgIpc) is 2.78. The zero-order valence-electron chi connectivity index (χ0n) is 18.1. The fraction of sp³-hybridized carbons (Fsp3) is 0.429. The van der Waals surface area contributed by atoms with Gasteiger partial charge < -0.3 is 25.4 Å². The molecule has 1 fully saturated rings. The molecule has 4 N–H and O–H groups in total. The number of aldehydes is 1. The zero-order valence-corrected chi connectivity index (χ0v) is 18.1. The van der Waals surface area contributed by atoms with Crippen molar-refractivity contribution in [1.29, 1.82) is 0 Å². The van der Waals surface area contributed by atoms with Crippen molar-refractivity contribution in [2.24, 2.45) is 0 Å². The lowest BCUT2D eigenvalue weighted by atomic mass is 10.0. The summed E-state index contributed by atoms with van der Waals surface area (Å²) in [6, 6.07) is 3.54. The predicted molar refractivity (Wildman–Crippen MR) is 115 cm³/mol. The monoisotopic (exact) mass is 462 g/mol. The van der Waals surface area contributed by atoms with E-state index in [0.29, 0.717) is 12.0 Å². The number of likely N-dealkylation sites (N-methyl/N-ethyl adjacent to an activating group) is 1. The third kappa shape index (κ3) is 7.68. The fourth-order valence-corrected chi connectivity index (χ4v) is 3.11. The van der Waals surface area contributed by atoms with Crippen LogP contribution in [-0.4, -0.2) is 85.3 Å². The van der Waals surface area contributed by atoms with Gasteiger partial charge in [0.25, 0.3) is 5.91 Å². The summed E-state index contributed by atoms with van der Waals surface area (Å²) in [6.45, 7) is 0.297. The molecule has 1 aliphatic heterocycles. The van der Waals surface area contributed by atoms with Gasteiger partial charge in [-0.15, -0.1) is 0 Å². The van der Waals surface area contributed by atoms with Gasteiger partial charge in [-0.1, -0.05) is 0 Å². The highest BCUT2D eigenvalue weighted by atomic mass is 16.5. The van der Waals surface area contributed by atoms with Gasteiger partial charge in [0.15, 0.2) is 6.29 Å². The van der Waals surface area contributed by atoms with E-state index in [2.05, 4.69) is 16.0 Å². The molecule has 0 bridgehead atoms. The largest absolute Gasteiger partial charge is 0.481 e. The molecule has 1 aromatic rings. The maximum Gasteiger partial charge on any atom is 0.305 e. The molecule has 4 amide bonds. The first kappa shape index (κ1) is 25.5. The molecule has 1 saturated heterocycles. The summed E-state index contributed by atoms with van der Waals surface area (Å²) in [6.07, 6.45) is 0.690. The van der Waals surface area contributed by atoms with Crippen molar-refractivity contribution in [3.63, 3.8) is 0 Å². The topological polar surface area (TPSA) is 171 Å². The highest BCUT2D eigenvalue weighted by molar-refractivity contribution is 6.06. The van der Waals surface area contributed by atoms with E-state index in [1.54, 1.807) is 0 Å². The number of nitrogens with zero attached hydrogens (tertiary/aromatic N) is 1. The van der Waals surface area contributed by atoms with Gasteiger partial charge in [-0.05, 0) is 24.6 Å². The van der Waals surface area contributed by atoms with E-state index in [4.69, 9.17) is 9.84 Å². The number of nitrogens with one attached hydrogen (secondary N) is 3. The lowest BCUT2D eigenvalue weighted by molar-refractivity contribution is -0.138. The summed E-state index contributed by atoms with van der Waals surface area (Å²) in [5.74, 6) is -2.87. The Bertz CT molecular complexity index is 933. The number of aliphatic carboxylic acids is 1. The van der Waals surface area contributed by atoms with Crippen LogP contribution in [0.3, 0.4) is 0 Å². The van der Waals surface area contributed by atoms with Gasteiger partial charge in [-0.3, -0.25) is 34.1 Å². The van der Waals surface area contributed by atoms with Crippen molar-refractivity contribution in [2.45, 2.75) is 25.3 Å². The number of carbonyl (C=O) groups excluding carboxylic acids is 5. The normalized spacial score (nSPS) is 15.4. The molecule has 0 spiro atoms. The third-order valence-electron chi connectivity index (χ3n) is 4.89. The molecule has 2 rings (SSSR count). The first-order valence-corrected chi connectivity index (χ1v) is 10.2. The van der Waals surface area contributed by atoms with Crippen LogP contribution in [0.25, 0.3) is 0 Å². The van der Waals surface area contributed by atoms with E-state index in [1.807, 2.05) is 0 Å². The minimum absolute atomic E-state index is 0.0504. The molecule has 12 nitrogen and oxygen atoms in total. The average molecular weight is 462 g/mol. The highest BCUT2D eigenvalue weighted by Crippen LogP contribution is 2.19. The molecule has 0 aromatic heterocycles. The Morgan fingerprint density at radius 2 is 2.03 bits per heavy atom. The van der Waals surface area contributed by atoms with E-state index < -0.39 is 29.7 Å². The van der Waals surface area contributed by atoms with E-state index in [9.17, 15) is 28.8 Å². The first-order chi connectivity index (χ1) is 15.7. The molecule has 33 heavy (non-hydrogen) atoms. The van der Waals surface area contributed by atoms with Crippen molar-refractivity contribution >= 4 is 41.6 Å². The Morgan fingerprint density at radius 3 is 2.70 bits per heavy atom. The standard InChI is InChI=1S/C21H26N4O8/c1-25(16-4-5-17(27)24-20(16)31)21(32)15-10-14(3-2-13(15)12-26)23-11-18(28)22-7-9-33-8-6-19(29)30/h2-3,10,12,16,23H,4-9,11H2,1H3,(H,22,28)(H,29,30)(H,24,27,31). The van der Waals surface area contributed by atoms with E-state index in [-0.39, 0.29) is 62.6 Å². The molecule has 0 radical (unpaired) electrons. The molecular formula is C21H26N4O8. The second-order valence-corrected chi connectivity index (χ2v) is 7.26. The van der Waals surface area contributed by atoms with Gasteiger partial charge in [-0.25, -0.2) is 0 Å². The van der Waals surface area contributed by atoms with Crippen LogP contribution in [0.4, 0.5) is 5.69 Å². The summed E-state index contributed by atoms with van der Waals surface area (Å²) in [5, 5.41) is 16.1. The molecule has 0 aliphatic carbocycles. The summed E-state index contributed by atoms with van der Waals surface area (Å²) < 4.78 is 5.07. The van der Waals surface area contributed by atoms with Gasteiger partial charge in [0.1, 0.15) is 6.04 Å². The van der Waals surface area contributed by atoms with Crippen LogP contribution < -0.4 is 16.0 Å². The number of imide groups is 1. The molecule has 12 heteroatoms. The summed E-state index contributed by atoms with van der Waals surface area (Å²) in [4.78, 5) is 71.3. The van der Waals surface area contributed by atoms with Crippen molar-refractivity contribution in [3.8, 4) is 0 Å². The maximum atomic E-state index is 13.0. The Kier molecular flexibility index (Phi) is 9.48. The number of piperidine rings is 1. The molecular weight excluding hydrogens is 436 g/mol. The van der Waals surface area contributed by atoms with Crippen LogP contribution in [0.2, 0.25) is 0 Å². The van der Waals surface area contributed by atoms with E-state index >= 15 is 0 Å². The summed E-state index contributed by atoms with van der Waals surface area (Å²) in [7, 11) is 1.42. The number of carbonyl (C=O) groups is 6. The zero-order chi connectivity index (χ0) is 24.4. The fourth-order valence-electron chi connectivity index (χ4n) is 3.11. The molecule has 1 unspecified atom stereocenters. The minimum Gasteiger partial charge on any atom is -0.481 e. The number of ether oxygens (including phenoxy) is 1. The number of hydrogen-bond acceptors (Lipinski definition) is 8. The molecule has 1 heterocycles. The summed E-state index contributed by atoms with van der Waals surface area (Å²) in [5.41, 5.74) is 0.579. The Hall–Kier alpha value is -3.80. The first-order valence-electron chi connectivity index (χ1n) is 10.2. The van der Waals surface area contributed by atoms with Crippen LogP contribution in [0.1, 0.15) is 40.0 Å². The number of benzene rings is 1. The van der Waals surface area contributed by atoms with Gasteiger partial charge in [0.2, 0.25) is 17.7 Å². The highest BCUT2D eigenvalue weighted by Gasteiger charge is 2.33. The van der Waals surface area contributed by atoms with Gasteiger partial charge in [0, 0.05) is 31.3 Å². The van der Waals surface area contributed by atoms with Gasteiger partial charge >= 0.3 is 5.97 Å². The number of carboxylic acids is 1. The molecule has 0 saturated carbocycles. The number of anilines is 1. The van der Waals surface area contributed by atoms with E-state index in [1.165, 1.54) is 30.1 Å². The lowest BCUT2D eigenvalue weighted by Crippen LogP contribution is -2.53. The SMILES string of the molecule is CN(C(=O)c1cc(NCC(=O)NCCOCCC(=O)O)ccc1C=O)C1CCC(=O)NC1=O. The second-order valence-electron chi connectivity index (χ2n) is 7.26. The van der Waals surface area contributed by atoms with Crippen molar-refractivity contribution in [1.82, 2.24) is 15.5 Å². The lowest BCUT2D eigenvalue weighted by Gasteiger charge is -2.30. The summed E-state index contributed by atoms with van der Waals surface area (Å²) >= 11 is 0. The Balaban J connectivity index is 1.93. The van der Waals surface area contributed by atoms with Crippen molar-refractivity contribution in [2.75, 3.05) is 38.7 Å². The molecule has 1 atom stereocenters. The van der Waals surface area contributed by atoms with Gasteiger partial charge in [0.05, 0.1) is 31.7 Å². The Labute approximate surface area is 189 Å². The quantitative estimate of drug-likeness (QED) is 0.180.